The Morgan fingerprint density at radius 1 is 1.73 bits per heavy atom. The second-order valence-corrected chi connectivity index (χ2v) is 3.67. The third kappa shape index (κ3) is 2.21. The van der Waals surface area contributed by atoms with Gasteiger partial charge in [0.05, 0.1) is 6.07 Å². The highest BCUT2D eigenvalue weighted by atomic mass is 16.1. The molecule has 0 bridgehead atoms. The minimum atomic E-state index is -1.00. The van der Waals surface area contributed by atoms with E-state index < -0.39 is 5.41 Å². The molecule has 1 aromatic rings. The van der Waals surface area contributed by atoms with Gasteiger partial charge >= 0.3 is 0 Å². The van der Waals surface area contributed by atoms with Crippen LogP contribution in [0.3, 0.4) is 0 Å². The molecule has 1 rings (SSSR count). The molecule has 1 unspecified atom stereocenters. The van der Waals surface area contributed by atoms with E-state index in [9.17, 15) is 4.79 Å². The van der Waals surface area contributed by atoms with Gasteiger partial charge in [-0.1, -0.05) is 0 Å². The summed E-state index contributed by atoms with van der Waals surface area (Å²) in [4.78, 5) is 15.4. The summed E-state index contributed by atoms with van der Waals surface area (Å²) in [5.74, 6) is 0.535. The zero-order valence-electron chi connectivity index (χ0n) is 9.19. The van der Waals surface area contributed by atoms with Crippen molar-refractivity contribution in [1.82, 2.24) is 14.8 Å². The molecule has 5 nitrogen and oxygen atoms in total. The highest BCUT2D eigenvalue weighted by molar-refractivity contribution is 5.84. The number of aryl methyl sites for hydroxylation is 1. The molecular weight excluding hydrogens is 192 g/mol. The molecule has 0 aliphatic carbocycles. The predicted octanol–water partition coefficient (Wildman–Crippen LogP) is 0.959. The number of aromatic nitrogens is 3. The fourth-order valence-electron chi connectivity index (χ4n) is 1.25. The van der Waals surface area contributed by atoms with Crippen molar-refractivity contribution in [2.75, 3.05) is 0 Å². The minimum absolute atomic E-state index is 0.143. The third-order valence-electron chi connectivity index (χ3n) is 2.53. The predicted molar refractivity (Wildman–Crippen MR) is 53.8 cm³/mol. The van der Waals surface area contributed by atoms with Gasteiger partial charge in [-0.05, 0) is 20.8 Å². The van der Waals surface area contributed by atoms with Crippen LogP contribution in [0.1, 0.15) is 26.6 Å². The van der Waals surface area contributed by atoms with Crippen LogP contribution in [0, 0.1) is 16.7 Å². The van der Waals surface area contributed by atoms with Gasteiger partial charge in [-0.2, -0.15) is 10.4 Å². The Morgan fingerprint density at radius 2 is 2.40 bits per heavy atom. The topological polar surface area (TPSA) is 71.6 Å². The fraction of sp³-hybridized carbons (Fsp3) is 0.600. The molecule has 0 N–H and O–H groups in total. The highest BCUT2D eigenvalue weighted by Gasteiger charge is 2.31. The lowest BCUT2D eigenvalue weighted by Crippen LogP contribution is -2.28. The van der Waals surface area contributed by atoms with Gasteiger partial charge in [-0.3, -0.25) is 9.48 Å². The second kappa shape index (κ2) is 4.22. The first kappa shape index (κ1) is 11.4. The van der Waals surface area contributed by atoms with E-state index in [2.05, 4.69) is 10.1 Å². The second-order valence-electron chi connectivity index (χ2n) is 3.67. The SMILES string of the molecule is CCn1ncnc1CC(C)(C#N)C(C)=O. The van der Waals surface area contributed by atoms with E-state index in [1.54, 1.807) is 11.6 Å². The van der Waals surface area contributed by atoms with Gasteiger partial charge in [0.15, 0.2) is 0 Å². The van der Waals surface area contributed by atoms with Crippen molar-refractivity contribution < 1.29 is 4.79 Å². The summed E-state index contributed by atoms with van der Waals surface area (Å²) >= 11 is 0. The molecule has 0 radical (unpaired) electrons. The van der Waals surface area contributed by atoms with Crippen LogP contribution in [-0.2, 0) is 17.8 Å². The molecule has 1 atom stereocenters. The lowest BCUT2D eigenvalue weighted by atomic mass is 9.84. The number of nitrogens with zero attached hydrogens (tertiary/aromatic N) is 4. The molecule has 5 heteroatoms. The van der Waals surface area contributed by atoms with Gasteiger partial charge in [0.1, 0.15) is 23.3 Å². The van der Waals surface area contributed by atoms with Crippen LogP contribution in [0.25, 0.3) is 0 Å². The zero-order chi connectivity index (χ0) is 11.5. The van der Waals surface area contributed by atoms with E-state index in [-0.39, 0.29) is 5.78 Å². The molecule has 0 spiro atoms. The molecule has 0 aromatic carbocycles. The van der Waals surface area contributed by atoms with Crippen LogP contribution in [0.4, 0.5) is 0 Å². The lowest BCUT2D eigenvalue weighted by Gasteiger charge is -2.17. The molecule has 0 aliphatic rings. The van der Waals surface area contributed by atoms with E-state index in [0.717, 1.165) is 0 Å². The van der Waals surface area contributed by atoms with Crippen LogP contribution in [0.2, 0.25) is 0 Å². The van der Waals surface area contributed by atoms with Crippen molar-refractivity contribution in [2.24, 2.45) is 5.41 Å². The Balaban J connectivity index is 2.95. The zero-order valence-corrected chi connectivity index (χ0v) is 9.19. The van der Waals surface area contributed by atoms with Crippen molar-refractivity contribution in [1.29, 1.82) is 5.26 Å². The van der Waals surface area contributed by atoms with Crippen molar-refractivity contribution in [3.8, 4) is 6.07 Å². The number of carbonyl (C=O) groups is 1. The van der Waals surface area contributed by atoms with E-state index >= 15 is 0 Å². The quantitative estimate of drug-likeness (QED) is 0.735. The first-order valence-electron chi connectivity index (χ1n) is 4.82. The Kier molecular flexibility index (Phi) is 3.20. The van der Waals surface area contributed by atoms with Crippen molar-refractivity contribution >= 4 is 5.78 Å². The van der Waals surface area contributed by atoms with Gasteiger partial charge in [0.2, 0.25) is 0 Å². The Bertz CT molecular complexity index is 404. The summed E-state index contributed by atoms with van der Waals surface area (Å²) in [5.41, 5.74) is -1.00. The van der Waals surface area contributed by atoms with Gasteiger partial charge in [0.25, 0.3) is 0 Å². The van der Waals surface area contributed by atoms with Crippen LogP contribution in [0.5, 0.6) is 0 Å². The number of carbonyl (C=O) groups excluding carboxylic acids is 1. The number of ketones is 1. The summed E-state index contributed by atoms with van der Waals surface area (Å²) in [5, 5.41) is 13.0. The number of hydrogen-bond donors (Lipinski definition) is 0. The van der Waals surface area contributed by atoms with Gasteiger partial charge in [0, 0.05) is 13.0 Å². The molecule has 0 fully saturated rings. The number of rotatable bonds is 4. The lowest BCUT2D eigenvalue weighted by molar-refractivity contribution is -0.123. The van der Waals surface area contributed by atoms with E-state index in [1.165, 1.54) is 13.3 Å². The summed E-state index contributed by atoms with van der Waals surface area (Å²) in [6, 6.07) is 2.04. The standard InChI is InChI=1S/C10H14N4O/c1-4-14-9(12-7-13-14)5-10(3,6-11)8(2)15/h7H,4-5H2,1-3H3. The molecule has 1 heterocycles. The largest absolute Gasteiger partial charge is 0.298 e. The maximum Gasteiger partial charge on any atom is 0.150 e. The van der Waals surface area contributed by atoms with E-state index in [1.807, 2.05) is 13.0 Å². The summed E-state index contributed by atoms with van der Waals surface area (Å²) < 4.78 is 1.69. The monoisotopic (exact) mass is 206 g/mol. The minimum Gasteiger partial charge on any atom is -0.298 e. The van der Waals surface area contributed by atoms with Crippen molar-refractivity contribution in [3.05, 3.63) is 12.2 Å². The molecule has 0 saturated carbocycles. The maximum absolute atomic E-state index is 11.3. The van der Waals surface area contributed by atoms with Gasteiger partial charge in [-0.25, -0.2) is 4.98 Å². The van der Waals surface area contributed by atoms with Crippen LogP contribution >= 0.6 is 0 Å². The number of nitriles is 1. The summed E-state index contributed by atoms with van der Waals surface area (Å²) in [6.07, 6.45) is 1.75. The van der Waals surface area contributed by atoms with Crippen molar-refractivity contribution in [3.63, 3.8) is 0 Å². The average Bonchev–Trinajstić information content (AvgIpc) is 2.64. The molecule has 0 amide bonds. The maximum atomic E-state index is 11.3. The molecule has 0 saturated heterocycles. The number of Topliss-reactive ketones (excluding diaryl/α,β-unsaturated/α-hetero) is 1. The fourth-order valence-corrected chi connectivity index (χ4v) is 1.25. The molecule has 80 valence electrons. The van der Waals surface area contributed by atoms with Crippen LogP contribution in [0.15, 0.2) is 6.33 Å². The summed E-state index contributed by atoms with van der Waals surface area (Å²) in [6.45, 7) is 5.68. The normalized spacial score (nSPS) is 14.3. The van der Waals surface area contributed by atoms with Crippen LogP contribution < -0.4 is 0 Å². The highest BCUT2D eigenvalue weighted by Crippen LogP contribution is 2.21. The smallest absolute Gasteiger partial charge is 0.150 e. The third-order valence-corrected chi connectivity index (χ3v) is 2.53. The Morgan fingerprint density at radius 3 is 2.87 bits per heavy atom. The Labute approximate surface area is 88.7 Å². The first-order valence-corrected chi connectivity index (χ1v) is 4.82. The van der Waals surface area contributed by atoms with E-state index in [4.69, 9.17) is 5.26 Å². The van der Waals surface area contributed by atoms with Gasteiger partial charge in [-0.15, -0.1) is 0 Å². The number of hydrogen-bond acceptors (Lipinski definition) is 4. The first-order chi connectivity index (χ1) is 7.03. The molecule has 15 heavy (non-hydrogen) atoms. The average molecular weight is 206 g/mol. The Hall–Kier alpha value is -1.70. The molecule has 0 aliphatic heterocycles. The van der Waals surface area contributed by atoms with E-state index in [0.29, 0.717) is 18.8 Å². The van der Waals surface area contributed by atoms with Crippen molar-refractivity contribution in [2.45, 2.75) is 33.7 Å². The van der Waals surface area contributed by atoms with Crippen LogP contribution in [-0.4, -0.2) is 20.5 Å². The molecule has 1 aromatic heterocycles. The molecular formula is C10H14N4O. The summed E-state index contributed by atoms with van der Waals surface area (Å²) in [7, 11) is 0. The van der Waals surface area contributed by atoms with Gasteiger partial charge < -0.3 is 0 Å².